The lowest BCUT2D eigenvalue weighted by molar-refractivity contribution is -0.138. The Morgan fingerprint density at radius 3 is 2.53 bits per heavy atom. The molecule has 1 rings (SSSR count). The molecule has 0 saturated heterocycles. The first-order valence-electron chi connectivity index (χ1n) is 4.23. The van der Waals surface area contributed by atoms with Crippen LogP contribution in [0.5, 0.6) is 5.75 Å². The first-order valence-corrected chi connectivity index (χ1v) is 4.98. The molecule has 5 heteroatoms. The van der Waals surface area contributed by atoms with Crippen molar-refractivity contribution in [1.82, 2.24) is 0 Å². The molecule has 1 aromatic carbocycles. The minimum Gasteiger partial charge on any atom is -0.495 e. The van der Waals surface area contributed by atoms with Crippen LogP contribution in [0.25, 0.3) is 0 Å². The van der Waals surface area contributed by atoms with E-state index in [1.54, 1.807) is 13.0 Å². The van der Waals surface area contributed by atoms with Gasteiger partial charge in [0.1, 0.15) is 5.75 Å². The molecule has 0 aromatic heterocycles. The summed E-state index contributed by atoms with van der Waals surface area (Å²) in [5.74, 6) is -1.29. The highest BCUT2D eigenvalue weighted by atomic mass is 35.5. The van der Waals surface area contributed by atoms with Crippen molar-refractivity contribution in [3.05, 3.63) is 27.7 Å². The van der Waals surface area contributed by atoms with Gasteiger partial charge in [0.2, 0.25) is 0 Å². The monoisotopic (exact) mass is 248 g/mol. The largest absolute Gasteiger partial charge is 0.495 e. The first-order chi connectivity index (χ1) is 6.97. The average molecular weight is 249 g/mol. The Kier molecular flexibility index (Phi) is 3.83. The summed E-state index contributed by atoms with van der Waals surface area (Å²) in [6, 6.07) is 3.08. The van der Waals surface area contributed by atoms with Crippen LogP contribution in [-0.4, -0.2) is 18.2 Å². The first kappa shape index (κ1) is 12.1. The van der Waals surface area contributed by atoms with Gasteiger partial charge in [0.25, 0.3) is 0 Å². The Morgan fingerprint density at radius 1 is 1.47 bits per heavy atom. The Hall–Kier alpha value is -0.930. The molecule has 0 aliphatic rings. The van der Waals surface area contributed by atoms with Crippen LogP contribution in [0.4, 0.5) is 0 Å². The Bertz CT molecular complexity index is 390. The van der Waals surface area contributed by atoms with Gasteiger partial charge in [-0.1, -0.05) is 23.2 Å². The van der Waals surface area contributed by atoms with E-state index in [-0.39, 0.29) is 5.02 Å². The number of carbonyl (C=O) groups is 1. The maximum absolute atomic E-state index is 10.8. The van der Waals surface area contributed by atoms with Crippen LogP contribution in [-0.2, 0) is 4.79 Å². The van der Waals surface area contributed by atoms with Crippen molar-refractivity contribution in [3.8, 4) is 5.75 Å². The molecule has 0 aliphatic carbocycles. The van der Waals surface area contributed by atoms with E-state index in [9.17, 15) is 4.79 Å². The maximum atomic E-state index is 10.8. The Balaban J connectivity index is 3.28. The van der Waals surface area contributed by atoms with Crippen molar-refractivity contribution < 1.29 is 14.6 Å². The number of rotatable bonds is 3. The molecule has 0 fully saturated rings. The molecule has 15 heavy (non-hydrogen) atoms. The molecule has 0 aliphatic heterocycles. The van der Waals surface area contributed by atoms with Crippen LogP contribution in [0.3, 0.4) is 0 Å². The summed E-state index contributed by atoms with van der Waals surface area (Å²) in [5, 5.41) is 9.56. The normalized spacial score (nSPS) is 12.3. The Morgan fingerprint density at radius 2 is 2.07 bits per heavy atom. The number of ether oxygens (including phenoxy) is 1. The highest BCUT2D eigenvalue weighted by Crippen LogP contribution is 2.35. The number of hydrogen-bond donors (Lipinski definition) is 1. The van der Waals surface area contributed by atoms with Crippen molar-refractivity contribution >= 4 is 29.2 Å². The van der Waals surface area contributed by atoms with E-state index in [1.165, 1.54) is 13.2 Å². The molecule has 1 aromatic rings. The van der Waals surface area contributed by atoms with E-state index in [1.807, 2.05) is 0 Å². The number of benzene rings is 1. The average Bonchev–Trinajstić information content (AvgIpc) is 2.19. The predicted molar refractivity (Wildman–Crippen MR) is 59.1 cm³/mol. The summed E-state index contributed by atoms with van der Waals surface area (Å²) in [5.41, 5.74) is 0.452. The third-order valence-electron chi connectivity index (χ3n) is 2.09. The van der Waals surface area contributed by atoms with E-state index >= 15 is 0 Å². The number of hydrogen-bond acceptors (Lipinski definition) is 2. The third kappa shape index (κ3) is 2.55. The van der Waals surface area contributed by atoms with Gasteiger partial charge in [0.05, 0.1) is 18.1 Å². The molecule has 0 spiro atoms. The molecular formula is C10H10Cl2O3. The van der Waals surface area contributed by atoms with Crippen molar-refractivity contribution in [2.45, 2.75) is 12.8 Å². The summed E-state index contributed by atoms with van der Waals surface area (Å²) in [6.07, 6.45) is 0. The van der Waals surface area contributed by atoms with Gasteiger partial charge < -0.3 is 9.84 Å². The summed E-state index contributed by atoms with van der Waals surface area (Å²) in [6.45, 7) is 1.54. The van der Waals surface area contributed by atoms with Crippen LogP contribution in [0.2, 0.25) is 10.0 Å². The summed E-state index contributed by atoms with van der Waals surface area (Å²) in [4.78, 5) is 10.8. The number of carboxylic acid groups (broad SMARTS) is 1. The quantitative estimate of drug-likeness (QED) is 0.894. The SMILES string of the molecule is COc1cc(Cl)cc(C(C)C(=O)O)c1Cl. The van der Waals surface area contributed by atoms with E-state index in [0.717, 1.165) is 0 Å². The van der Waals surface area contributed by atoms with Crippen molar-refractivity contribution in [1.29, 1.82) is 0 Å². The number of aliphatic carboxylic acids is 1. The second kappa shape index (κ2) is 4.73. The lowest BCUT2D eigenvalue weighted by atomic mass is 10.0. The molecule has 1 N–H and O–H groups in total. The highest BCUT2D eigenvalue weighted by Gasteiger charge is 2.20. The number of carboxylic acids is 1. The molecule has 1 atom stereocenters. The number of methoxy groups -OCH3 is 1. The minimum absolute atomic E-state index is 0.289. The highest BCUT2D eigenvalue weighted by molar-refractivity contribution is 6.35. The minimum atomic E-state index is -0.957. The predicted octanol–water partition coefficient (Wildman–Crippen LogP) is 3.19. The standard InChI is InChI=1S/C10H10Cl2O3/c1-5(10(13)14)7-3-6(11)4-8(15-2)9(7)12/h3-5H,1-2H3,(H,13,14). The lowest BCUT2D eigenvalue weighted by Crippen LogP contribution is -2.08. The van der Waals surface area contributed by atoms with Gasteiger partial charge in [-0.2, -0.15) is 0 Å². The maximum Gasteiger partial charge on any atom is 0.310 e. The van der Waals surface area contributed by atoms with Gasteiger partial charge in [-0.15, -0.1) is 0 Å². The van der Waals surface area contributed by atoms with Gasteiger partial charge in [-0.05, 0) is 18.6 Å². The van der Waals surface area contributed by atoms with E-state index < -0.39 is 11.9 Å². The summed E-state index contributed by atoms with van der Waals surface area (Å²) >= 11 is 11.8. The third-order valence-corrected chi connectivity index (χ3v) is 2.71. The zero-order chi connectivity index (χ0) is 11.6. The van der Waals surface area contributed by atoms with Crippen LogP contribution in [0.1, 0.15) is 18.4 Å². The fourth-order valence-electron chi connectivity index (χ4n) is 1.18. The molecule has 0 radical (unpaired) electrons. The van der Waals surface area contributed by atoms with Gasteiger partial charge >= 0.3 is 5.97 Å². The van der Waals surface area contributed by atoms with Crippen molar-refractivity contribution in [2.24, 2.45) is 0 Å². The van der Waals surface area contributed by atoms with Crippen LogP contribution >= 0.6 is 23.2 Å². The molecule has 3 nitrogen and oxygen atoms in total. The van der Waals surface area contributed by atoms with Crippen LogP contribution in [0.15, 0.2) is 12.1 Å². The molecule has 0 amide bonds. The number of halogens is 2. The smallest absolute Gasteiger partial charge is 0.310 e. The molecular weight excluding hydrogens is 239 g/mol. The zero-order valence-electron chi connectivity index (χ0n) is 8.25. The molecule has 0 bridgehead atoms. The summed E-state index contributed by atoms with van der Waals surface area (Å²) in [7, 11) is 1.45. The van der Waals surface area contributed by atoms with Gasteiger partial charge in [0, 0.05) is 11.1 Å². The van der Waals surface area contributed by atoms with E-state index in [0.29, 0.717) is 16.3 Å². The van der Waals surface area contributed by atoms with E-state index in [4.69, 9.17) is 33.0 Å². The fraction of sp³-hybridized carbons (Fsp3) is 0.300. The molecule has 1 unspecified atom stereocenters. The lowest BCUT2D eigenvalue weighted by Gasteiger charge is -2.12. The second-order valence-electron chi connectivity index (χ2n) is 3.07. The van der Waals surface area contributed by atoms with Gasteiger partial charge in [-0.25, -0.2) is 0 Å². The zero-order valence-corrected chi connectivity index (χ0v) is 9.76. The van der Waals surface area contributed by atoms with Crippen LogP contribution < -0.4 is 4.74 Å². The van der Waals surface area contributed by atoms with Crippen LogP contribution in [0, 0.1) is 0 Å². The molecule has 0 heterocycles. The topological polar surface area (TPSA) is 46.5 Å². The van der Waals surface area contributed by atoms with Gasteiger partial charge in [-0.3, -0.25) is 4.79 Å². The molecule has 82 valence electrons. The fourth-order valence-corrected chi connectivity index (χ4v) is 1.75. The van der Waals surface area contributed by atoms with E-state index in [2.05, 4.69) is 0 Å². The van der Waals surface area contributed by atoms with Gasteiger partial charge in [0.15, 0.2) is 0 Å². The summed E-state index contributed by atoms with van der Waals surface area (Å²) < 4.78 is 4.99. The second-order valence-corrected chi connectivity index (χ2v) is 3.89. The van der Waals surface area contributed by atoms with Crippen molar-refractivity contribution in [3.63, 3.8) is 0 Å². The van der Waals surface area contributed by atoms with Crippen molar-refractivity contribution in [2.75, 3.05) is 7.11 Å². The molecule has 0 saturated carbocycles. The Labute approximate surface area is 97.6 Å².